The third kappa shape index (κ3) is 5.37. The van der Waals surface area contributed by atoms with Crippen molar-refractivity contribution in [2.45, 2.75) is 25.7 Å². The normalized spacial score (nSPS) is 10.6. The molecule has 2 rings (SSSR count). The van der Waals surface area contributed by atoms with Gasteiger partial charge < -0.3 is 14.1 Å². The molecule has 0 bridgehead atoms. The molecule has 1 heterocycles. The lowest BCUT2D eigenvalue weighted by Crippen LogP contribution is -2.28. The quantitative estimate of drug-likeness (QED) is 0.672. The number of ether oxygens (including phenoxy) is 1. The van der Waals surface area contributed by atoms with E-state index in [0.717, 1.165) is 12.1 Å². The maximum absolute atomic E-state index is 13.7. The van der Waals surface area contributed by atoms with E-state index in [9.17, 15) is 18.4 Å². The van der Waals surface area contributed by atoms with Crippen molar-refractivity contribution >= 4 is 11.9 Å². The molecule has 0 N–H and O–H groups in total. The van der Waals surface area contributed by atoms with Gasteiger partial charge in [-0.05, 0) is 18.6 Å². The van der Waals surface area contributed by atoms with Crippen LogP contribution in [0.15, 0.2) is 28.8 Å². The van der Waals surface area contributed by atoms with Crippen molar-refractivity contribution in [2.75, 3.05) is 20.7 Å². The van der Waals surface area contributed by atoms with E-state index >= 15 is 0 Å². The highest BCUT2D eigenvalue weighted by molar-refractivity contribution is 5.76. The number of esters is 1. The van der Waals surface area contributed by atoms with Crippen LogP contribution in [0.25, 0.3) is 11.3 Å². The molecule has 0 aliphatic rings. The highest BCUT2D eigenvalue weighted by Crippen LogP contribution is 2.24. The Bertz CT molecular complexity index is 776. The monoisotopic (exact) mass is 366 g/mol. The lowest BCUT2D eigenvalue weighted by molar-refractivity contribution is -0.141. The Morgan fingerprint density at radius 3 is 2.73 bits per heavy atom. The minimum atomic E-state index is -0.742. The molecule has 0 atom stereocenters. The van der Waals surface area contributed by atoms with Gasteiger partial charge in [0.2, 0.25) is 5.91 Å². The second-order valence-electron chi connectivity index (χ2n) is 5.74. The van der Waals surface area contributed by atoms with Gasteiger partial charge in [-0.15, -0.1) is 0 Å². The maximum atomic E-state index is 13.7. The van der Waals surface area contributed by atoms with Crippen LogP contribution in [0.2, 0.25) is 0 Å². The summed E-state index contributed by atoms with van der Waals surface area (Å²) in [5, 5.41) is 0. The fourth-order valence-electron chi connectivity index (χ4n) is 2.33. The van der Waals surface area contributed by atoms with Crippen LogP contribution in [0.1, 0.15) is 25.2 Å². The number of rotatable bonds is 8. The zero-order valence-electron chi connectivity index (χ0n) is 14.6. The largest absolute Gasteiger partial charge is 0.469 e. The van der Waals surface area contributed by atoms with Crippen molar-refractivity contribution in [1.82, 2.24) is 9.88 Å². The summed E-state index contributed by atoms with van der Waals surface area (Å²) in [5.74, 6) is -1.38. The van der Waals surface area contributed by atoms with Crippen molar-refractivity contribution in [3.8, 4) is 11.3 Å². The summed E-state index contributed by atoms with van der Waals surface area (Å²) in [4.78, 5) is 28.7. The lowest BCUT2D eigenvalue weighted by Gasteiger charge is -2.16. The lowest BCUT2D eigenvalue weighted by atomic mass is 10.2. The van der Waals surface area contributed by atoms with Gasteiger partial charge in [-0.2, -0.15) is 0 Å². The van der Waals surface area contributed by atoms with E-state index in [-0.39, 0.29) is 42.5 Å². The fraction of sp³-hybridized carbons (Fsp3) is 0.389. The first kappa shape index (κ1) is 19.6. The maximum Gasteiger partial charge on any atom is 0.305 e. The van der Waals surface area contributed by atoms with Crippen LogP contribution in [0, 0.1) is 11.6 Å². The first-order chi connectivity index (χ1) is 12.4. The van der Waals surface area contributed by atoms with Gasteiger partial charge in [0.05, 0.1) is 18.9 Å². The number of amides is 1. The number of aryl methyl sites for hydroxylation is 1. The van der Waals surface area contributed by atoms with Crippen molar-refractivity contribution in [3.63, 3.8) is 0 Å². The summed E-state index contributed by atoms with van der Waals surface area (Å²) in [5.41, 5.74) is 0.108. The van der Waals surface area contributed by atoms with Crippen molar-refractivity contribution in [1.29, 1.82) is 0 Å². The molecule has 140 valence electrons. The van der Waals surface area contributed by atoms with Gasteiger partial charge in [-0.25, -0.2) is 13.8 Å². The SMILES string of the molecule is COC(=O)CCCN(C)C(=O)CCc1ncc(-c2ccc(F)cc2F)o1. The van der Waals surface area contributed by atoms with Crippen LogP contribution in [-0.2, 0) is 20.7 Å². The molecule has 0 aliphatic heterocycles. The number of aromatic nitrogens is 1. The number of hydrogen-bond acceptors (Lipinski definition) is 5. The third-order valence-electron chi connectivity index (χ3n) is 3.83. The topological polar surface area (TPSA) is 72.6 Å². The number of carbonyl (C=O) groups is 2. The molecule has 0 fully saturated rings. The van der Waals surface area contributed by atoms with E-state index in [0.29, 0.717) is 18.9 Å². The Labute approximate surface area is 149 Å². The fourth-order valence-corrected chi connectivity index (χ4v) is 2.33. The molecule has 1 amide bonds. The van der Waals surface area contributed by atoms with Gasteiger partial charge in [0.15, 0.2) is 11.7 Å². The molecule has 1 aromatic carbocycles. The summed E-state index contributed by atoms with van der Waals surface area (Å²) in [6, 6.07) is 3.17. The highest BCUT2D eigenvalue weighted by Gasteiger charge is 2.14. The first-order valence-corrected chi connectivity index (χ1v) is 8.11. The van der Waals surface area contributed by atoms with Crippen molar-refractivity contribution < 1.29 is 27.5 Å². The Morgan fingerprint density at radius 1 is 1.27 bits per heavy atom. The Morgan fingerprint density at radius 2 is 2.04 bits per heavy atom. The summed E-state index contributed by atoms with van der Waals surface area (Å²) in [7, 11) is 2.97. The number of hydrogen-bond donors (Lipinski definition) is 0. The molecule has 0 saturated heterocycles. The smallest absolute Gasteiger partial charge is 0.305 e. The Balaban J connectivity index is 1.85. The predicted molar refractivity (Wildman–Crippen MR) is 89.1 cm³/mol. The minimum Gasteiger partial charge on any atom is -0.469 e. The molecular formula is C18H20F2N2O4. The first-order valence-electron chi connectivity index (χ1n) is 8.11. The number of oxazole rings is 1. The average Bonchev–Trinajstić information content (AvgIpc) is 3.07. The number of carbonyl (C=O) groups excluding carboxylic acids is 2. The molecule has 0 radical (unpaired) electrons. The highest BCUT2D eigenvalue weighted by atomic mass is 19.1. The van der Waals surface area contributed by atoms with Crippen molar-refractivity contribution in [3.05, 3.63) is 41.9 Å². The zero-order chi connectivity index (χ0) is 19.1. The molecule has 1 aromatic heterocycles. The minimum absolute atomic E-state index is 0.108. The zero-order valence-corrected chi connectivity index (χ0v) is 14.6. The van der Waals surface area contributed by atoms with E-state index in [1.165, 1.54) is 24.3 Å². The summed E-state index contributed by atoms with van der Waals surface area (Å²) in [6.07, 6.45) is 2.53. The Hall–Kier alpha value is -2.77. The summed E-state index contributed by atoms with van der Waals surface area (Å²) >= 11 is 0. The van der Waals surface area contributed by atoms with Crippen molar-refractivity contribution in [2.24, 2.45) is 0 Å². The molecule has 8 heteroatoms. The number of benzene rings is 1. The molecule has 2 aromatic rings. The van der Waals surface area contributed by atoms with Gasteiger partial charge >= 0.3 is 5.97 Å². The van der Waals surface area contributed by atoms with Gasteiger partial charge in [0.25, 0.3) is 0 Å². The van der Waals surface area contributed by atoms with Crippen LogP contribution in [0.3, 0.4) is 0 Å². The summed E-state index contributed by atoms with van der Waals surface area (Å²) in [6.45, 7) is 0.436. The standard InChI is InChI=1S/C18H20F2N2O4/c1-22(9-3-4-18(24)25-2)17(23)8-7-16-21-11-15(26-16)13-6-5-12(19)10-14(13)20/h5-6,10-11H,3-4,7-9H2,1-2H3. The molecule has 6 nitrogen and oxygen atoms in total. The van der Waals surface area contributed by atoms with E-state index in [1.807, 2.05) is 0 Å². The molecule has 0 spiro atoms. The van der Waals surface area contributed by atoms with Crippen LogP contribution in [0.4, 0.5) is 8.78 Å². The van der Waals surface area contributed by atoms with Crippen LogP contribution < -0.4 is 0 Å². The second-order valence-corrected chi connectivity index (χ2v) is 5.74. The number of halogens is 2. The van der Waals surface area contributed by atoms with Gasteiger partial charge in [-0.1, -0.05) is 0 Å². The van der Waals surface area contributed by atoms with E-state index in [2.05, 4.69) is 9.72 Å². The predicted octanol–water partition coefficient (Wildman–Crippen LogP) is 2.96. The molecule has 0 saturated carbocycles. The van der Waals surface area contributed by atoms with E-state index < -0.39 is 11.6 Å². The van der Waals surface area contributed by atoms with Crippen LogP contribution in [-0.4, -0.2) is 42.5 Å². The van der Waals surface area contributed by atoms with E-state index in [1.54, 1.807) is 7.05 Å². The van der Waals surface area contributed by atoms with Crippen LogP contribution >= 0.6 is 0 Å². The average molecular weight is 366 g/mol. The van der Waals surface area contributed by atoms with Crippen LogP contribution in [0.5, 0.6) is 0 Å². The third-order valence-corrected chi connectivity index (χ3v) is 3.83. The second kappa shape index (κ2) is 9.07. The molecule has 26 heavy (non-hydrogen) atoms. The molecule has 0 aliphatic carbocycles. The van der Waals surface area contributed by atoms with Gasteiger partial charge in [0, 0.05) is 38.9 Å². The number of nitrogens with zero attached hydrogens (tertiary/aromatic N) is 2. The summed E-state index contributed by atoms with van der Waals surface area (Å²) < 4.78 is 36.7. The Kier molecular flexibility index (Phi) is 6.82. The van der Waals surface area contributed by atoms with E-state index in [4.69, 9.17) is 4.42 Å². The van der Waals surface area contributed by atoms with Gasteiger partial charge in [0.1, 0.15) is 11.6 Å². The molecule has 0 unspecified atom stereocenters. The number of methoxy groups -OCH3 is 1. The van der Waals surface area contributed by atoms with Gasteiger partial charge in [-0.3, -0.25) is 9.59 Å². The molecular weight excluding hydrogens is 346 g/mol.